The zero-order chi connectivity index (χ0) is 16.8. The van der Waals surface area contributed by atoms with Crippen molar-refractivity contribution < 1.29 is 0 Å². The molecule has 2 aromatic carbocycles. The maximum Gasteiger partial charge on any atom is 0.232 e. The Labute approximate surface area is 143 Å². The maximum absolute atomic E-state index is 4.69. The molecule has 4 heteroatoms. The van der Waals surface area contributed by atoms with E-state index in [1.807, 2.05) is 30.3 Å². The number of hydrogen-bond acceptors (Lipinski definition) is 4. The molecule has 0 bridgehead atoms. The van der Waals surface area contributed by atoms with Crippen LogP contribution in [0.25, 0.3) is 0 Å². The van der Waals surface area contributed by atoms with E-state index in [1.54, 1.807) is 6.20 Å². The van der Waals surface area contributed by atoms with Gasteiger partial charge in [0.2, 0.25) is 5.95 Å². The van der Waals surface area contributed by atoms with Gasteiger partial charge in [-0.2, -0.15) is 4.98 Å². The molecule has 0 atom stereocenters. The fourth-order valence-electron chi connectivity index (χ4n) is 2.51. The minimum atomic E-state index is 0.326. The third-order valence-corrected chi connectivity index (χ3v) is 3.57. The molecule has 0 spiro atoms. The van der Waals surface area contributed by atoms with E-state index in [9.17, 15) is 0 Å². The molecule has 0 saturated heterocycles. The summed E-state index contributed by atoms with van der Waals surface area (Å²) in [5.74, 6) is 1.53. The van der Waals surface area contributed by atoms with Gasteiger partial charge in [-0.15, -0.1) is 0 Å². The molecule has 24 heavy (non-hydrogen) atoms. The first-order valence-electron chi connectivity index (χ1n) is 8.18. The van der Waals surface area contributed by atoms with E-state index >= 15 is 0 Å². The summed E-state index contributed by atoms with van der Waals surface area (Å²) < 4.78 is 0. The second-order valence-corrected chi connectivity index (χ2v) is 5.95. The van der Waals surface area contributed by atoms with Crippen molar-refractivity contribution in [2.45, 2.75) is 26.4 Å². The standard InChI is InChI=1S/C20H22N4/c1-16(2)22-19-13-14-21-20(23-19)24(18-11-7-4-8-12-18)15-17-9-5-3-6-10-17/h3-14,16H,15H2,1-2H3,(H,21,22,23). The number of nitrogens with zero attached hydrogens (tertiary/aromatic N) is 3. The highest BCUT2D eigenvalue weighted by atomic mass is 15.3. The molecule has 0 unspecified atom stereocenters. The summed E-state index contributed by atoms with van der Waals surface area (Å²) in [7, 11) is 0. The third kappa shape index (κ3) is 4.10. The molecule has 0 radical (unpaired) electrons. The molecule has 3 rings (SSSR count). The largest absolute Gasteiger partial charge is 0.368 e. The van der Waals surface area contributed by atoms with Crippen LogP contribution >= 0.6 is 0 Å². The molecule has 4 nitrogen and oxygen atoms in total. The lowest BCUT2D eigenvalue weighted by atomic mass is 10.2. The second-order valence-electron chi connectivity index (χ2n) is 5.95. The van der Waals surface area contributed by atoms with Crippen molar-refractivity contribution in [2.24, 2.45) is 0 Å². The van der Waals surface area contributed by atoms with Crippen LogP contribution in [-0.4, -0.2) is 16.0 Å². The first-order chi connectivity index (χ1) is 11.7. The fraction of sp³-hybridized carbons (Fsp3) is 0.200. The van der Waals surface area contributed by atoms with Crippen LogP contribution in [0.15, 0.2) is 72.9 Å². The highest BCUT2D eigenvalue weighted by molar-refractivity contribution is 5.58. The predicted octanol–water partition coefficient (Wildman–Crippen LogP) is 4.64. The van der Waals surface area contributed by atoms with Crippen molar-refractivity contribution >= 4 is 17.5 Å². The van der Waals surface area contributed by atoms with Gasteiger partial charge in [-0.25, -0.2) is 4.98 Å². The molecular formula is C20H22N4. The van der Waals surface area contributed by atoms with E-state index in [0.29, 0.717) is 12.0 Å². The predicted molar refractivity (Wildman–Crippen MR) is 99.5 cm³/mol. The van der Waals surface area contributed by atoms with E-state index in [1.165, 1.54) is 5.56 Å². The highest BCUT2D eigenvalue weighted by Gasteiger charge is 2.13. The van der Waals surface area contributed by atoms with E-state index in [4.69, 9.17) is 0 Å². The molecule has 0 aliphatic rings. The normalized spacial score (nSPS) is 10.6. The van der Waals surface area contributed by atoms with Crippen LogP contribution in [0.2, 0.25) is 0 Å². The van der Waals surface area contributed by atoms with E-state index in [0.717, 1.165) is 18.1 Å². The number of benzene rings is 2. The first kappa shape index (κ1) is 16.0. The molecular weight excluding hydrogens is 296 g/mol. The van der Waals surface area contributed by atoms with Crippen molar-refractivity contribution in [1.82, 2.24) is 9.97 Å². The van der Waals surface area contributed by atoms with Crippen molar-refractivity contribution in [3.05, 3.63) is 78.5 Å². The fourth-order valence-corrected chi connectivity index (χ4v) is 2.51. The molecule has 3 aromatic rings. The van der Waals surface area contributed by atoms with Gasteiger partial charge < -0.3 is 10.2 Å². The molecule has 0 aliphatic carbocycles. The number of para-hydroxylation sites is 1. The van der Waals surface area contributed by atoms with Crippen LogP contribution in [0.1, 0.15) is 19.4 Å². The lowest BCUT2D eigenvalue weighted by Gasteiger charge is -2.23. The zero-order valence-electron chi connectivity index (χ0n) is 14.1. The van der Waals surface area contributed by atoms with Crippen molar-refractivity contribution in [1.29, 1.82) is 0 Å². The third-order valence-electron chi connectivity index (χ3n) is 3.57. The molecule has 0 amide bonds. The number of anilines is 3. The number of aromatic nitrogens is 2. The summed E-state index contributed by atoms with van der Waals surface area (Å²) in [6.07, 6.45) is 1.80. The Morgan fingerprint density at radius 3 is 2.25 bits per heavy atom. The van der Waals surface area contributed by atoms with Crippen LogP contribution in [0.5, 0.6) is 0 Å². The van der Waals surface area contributed by atoms with E-state index < -0.39 is 0 Å². The smallest absolute Gasteiger partial charge is 0.232 e. The topological polar surface area (TPSA) is 41.1 Å². The lowest BCUT2D eigenvalue weighted by molar-refractivity contribution is 0.871. The Balaban J connectivity index is 1.95. The Bertz CT molecular complexity index is 757. The van der Waals surface area contributed by atoms with Gasteiger partial charge in [0.25, 0.3) is 0 Å². The van der Waals surface area contributed by atoms with Gasteiger partial charge in [0.1, 0.15) is 5.82 Å². The average molecular weight is 318 g/mol. The Kier molecular flexibility index (Phi) is 5.06. The number of rotatable bonds is 6. The van der Waals surface area contributed by atoms with Crippen molar-refractivity contribution in [3.63, 3.8) is 0 Å². The monoisotopic (exact) mass is 318 g/mol. The molecule has 122 valence electrons. The summed E-state index contributed by atoms with van der Waals surface area (Å²) in [4.78, 5) is 11.3. The molecule has 0 aliphatic heterocycles. The Morgan fingerprint density at radius 1 is 0.917 bits per heavy atom. The van der Waals surface area contributed by atoms with Crippen molar-refractivity contribution in [3.8, 4) is 0 Å². The van der Waals surface area contributed by atoms with Gasteiger partial charge in [0.15, 0.2) is 0 Å². The lowest BCUT2D eigenvalue weighted by Crippen LogP contribution is -2.20. The summed E-state index contributed by atoms with van der Waals surface area (Å²) in [5.41, 5.74) is 2.29. The summed E-state index contributed by atoms with van der Waals surface area (Å²) in [6, 6.07) is 22.8. The molecule has 0 saturated carbocycles. The quantitative estimate of drug-likeness (QED) is 0.719. The first-order valence-corrected chi connectivity index (χ1v) is 8.18. The van der Waals surface area contributed by atoms with Crippen LogP contribution in [-0.2, 0) is 6.54 Å². The van der Waals surface area contributed by atoms with Crippen LogP contribution < -0.4 is 10.2 Å². The van der Waals surface area contributed by atoms with Crippen LogP contribution in [0, 0.1) is 0 Å². The minimum Gasteiger partial charge on any atom is -0.368 e. The minimum absolute atomic E-state index is 0.326. The SMILES string of the molecule is CC(C)Nc1ccnc(N(Cc2ccccc2)c2ccccc2)n1. The van der Waals surface area contributed by atoms with Gasteiger partial charge in [-0.05, 0) is 37.6 Å². The van der Waals surface area contributed by atoms with E-state index in [2.05, 4.69) is 70.4 Å². The summed E-state index contributed by atoms with van der Waals surface area (Å²) in [5, 5.41) is 3.34. The Hall–Kier alpha value is -2.88. The van der Waals surface area contributed by atoms with Gasteiger partial charge in [-0.3, -0.25) is 0 Å². The second kappa shape index (κ2) is 7.59. The Morgan fingerprint density at radius 2 is 1.58 bits per heavy atom. The van der Waals surface area contributed by atoms with E-state index in [-0.39, 0.29) is 0 Å². The van der Waals surface area contributed by atoms with Crippen LogP contribution in [0.4, 0.5) is 17.5 Å². The van der Waals surface area contributed by atoms with Crippen molar-refractivity contribution in [2.75, 3.05) is 10.2 Å². The molecule has 0 fully saturated rings. The maximum atomic E-state index is 4.69. The number of nitrogens with one attached hydrogen (secondary N) is 1. The van der Waals surface area contributed by atoms with Gasteiger partial charge in [0, 0.05) is 17.9 Å². The zero-order valence-corrected chi connectivity index (χ0v) is 14.1. The van der Waals surface area contributed by atoms with Gasteiger partial charge >= 0.3 is 0 Å². The summed E-state index contributed by atoms with van der Waals surface area (Å²) >= 11 is 0. The molecule has 1 aromatic heterocycles. The molecule has 1 heterocycles. The van der Waals surface area contributed by atoms with Gasteiger partial charge in [0.05, 0.1) is 6.54 Å². The van der Waals surface area contributed by atoms with Gasteiger partial charge in [-0.1, -0.05) is 48.5 Å². The average Bonchev–Trinajstić information content (AvgIpc) is 2.61. The highest BCUT2D eigenvalue weighted by Crippen LogP contribution is 2.25. The molecule has 1 N–H and O–H groups in total. The van der Waals surface area contributed by atoms with Crippen LogP contribution in [0.3, 0.4) is 0 Å². The summed E-state index contributed by atoms with van der Waals surface area (Å²) in [6.45, 7) is 4.91. The number of hydrogen-bond donors (Lipinski definition) is 1.